The fourth-order valence-electron chi connectivity index (χ4n) is 2.98. The molecule has 0 saturated carbocycles. The molecule has 0 aromatic rings. The van der Waals surface area contributed by atoms with E-state index in [0.717, 1.165) is 18.9 Å². The first-order valence-corrected chi connectivity index (χ1v) is 13.7. The largest absolute Gasteiger partial charge is 0.505 e. The molecule has 0 spiro atoms. The first kappa shape index (κ1) is 24.5. The van der Waals surface area contributed by atoms with Crippen molar-refractivity contribution in [1.29, 1.82) is 0 Å². The molecule has 8 heteroatoms. The van der Waals surface area contributed by atoms with Gasteiger partial charge in [-0.3, -0.25) is 0 Å². The summed E-state index contributed by atoms with van der Waals surface area (Å²) in [6, 6.07) is 0.880. The van der Waals surface area contributed by atoms with Gasteiger partial charge in [-0.05, 0) is 47.1 Å². The molecule has 0 aliphatic carbocycles. The molecule has 1 unspecified atom stereocenters. The molecule has 0 N–H and O–H groups in total. The predicted molar refractivity (Wildman–Crippen MR) is 104 cm³/mol. The van der Waals surface area contributed by atoms with Crippen LogP contribution in [0.3, 0.4) is 0 Å². The highest BCUT2D eigenvalue weighted by atomic mass is 35.5. The maximum absolute atomic E-state index is 6.29. The number of hydrogen-bond acceptors (Lipinski definition) is 5. The molecular formula is C16H37ClO5Si2. The molecule has 0 aliphatic heterocycles. The van der Waals surface area contributed by atoms with Crippen LogP contribution >= 0.6 is 11.6 Å². The Balaban J connectivity index is 5.68. The van der Waals surface area contributed by atoms with E-state index >= 15 is 0 Å². The lowest BCUT2D eigenvalue weighted by Gasteiger charge is -2.42. The Labute approximate surface area is 155 Å². The van der Waals surface area contributed by atoms with Crippen LogP contribution in [0.5, 0.6) is 0 Å². The third-order valence-corrected chi connectivity index (χ3v) is 13.6. The summed E-state index contributed by atoms with van der Waals surface area (Å²) in [6.07, 6.45) is 1.94. The second-order valence-corrected chi connectivity index (χ2v) is 12.9. The molecule has 0 saturated heterocycles. The third-order valence-electron chi connectivity index (χ3n) is 3.91. The molecule has 0 bridgehead atoms. The first-order valence-electron chi connectivity index (χ1n) is 9.28. The van der Waals surface area contributed by atoms with E-state index in [4.69, 9.17) is 33.7 Å². The average molecular weight is 401 g/mol. The smallest absolute Gasteiger partial charge is 0.394 e. The van der Waals surface area contributed by atoms with Gasteiger partial charge in [-0.25, -0.2) is 0 Å². The predicted octanol–water partition coefficient (Wildman–Crippen LogP) is 4.50. The highest BCUT2D eigenvalue weighted by molar-refractivity contribution is 6.85. The molecule has 0 heterocycles. The van der Waals surface area contributed by atoms with Gasteiger partial charge in [-0.15, -0.1) is 11.6 Å². The fourth-order valence-corrected chi connectivity index (χ4v) is 12.2. The first-order chi connectivity index (χ1) is 11.5. The van der Waals surface area contributed by atoms with E-state index in [2.05, 4.69) is 6.92 Å². The van der Waals surface area contributed by atoms with Crippen molar-refractivity contribution < 1.29 is 22.1 Å². The quantitative estimate of drug-likeness (QED) is 0.217. The number of rotatable bonds is 16. The zero-order chi connectivity index (χ0) is 18.5. The Morgan fingerprint density at radius 2 is 1.12 bits per heavy atom. The van der Waals surface area contributed by atoms with Crippen molar-refractivity contribution in [3.05, 3.63) is 0 Å². The van der Waals surface area contributed by atoms with Crippen molar-refractivity contribution in [2.45, 2.75) is 65.6 Å². The minimum absolute atomic E-state index is 0.0000699. The molecular weight excluding hydrogens is 364 g/mol. The summed E-state index contributed by atoms with van der Waals surface area (Å²) < 4.78 is 30.9. The molecule has 5 nitrogen and oxygen atoms in total. The minimum atomic E-state index is -2.89. The Bertz CT molecular complexity index is 287. The lowest BCUT2D eigenvalue weighted by atomic mass is 10.4. The Hall–Kier alpha value is 0.524. The van der Waals surface area contributed by atoms with Gasteiger partial charge in [0.2, 0.25) is 0 Å². The summed E-state index contributed by atoms with van der Waals surface area (Å²) in [5.41, 5.74) is 0. The molecule has 0 amide bonds. The van der Waals surface area contributed by atoms with Crippen molar-refractivity contribution >= 4 is 29.0 Å². The van der Waals surface area contributed by atoms with Crippen molar-refractivity contribution in [2.75, 3.05) is 38.9 Å². The zero-order valence-electron chi connectivity index (χ0n) is 16.4. The van der Waals surface area contributed by atoms with Gasteiger partial charge < -0.3 is 22.1 Å². The molecule has 0 rings (SSSR count). The van der Waals surface area contributed by atoms with Crippen LogP contribution in [0.1, 0.15) is 54.4 Å². The zero-order valence-corrected chi connectivity index (χ0v) is 19.1. The second-order valence-electron chi connectivity index (χ2n) is 5.45. The number of halogens is 1. The fraction of sp³-hybridized carbons (Fsp3) is 1.00. The highest BCUT2D eigenvalue weighted by Gasteiger charge is 2.60. The van der Waals surface area contributed by atoms with Crippen LogP contribution in [0.2, 0.25) is 11.2 Å². The lowest BCUT2D eigenvalue weighted by molar-refractivity contribution is 0.0608. The van der Waals surface area contributed by atoms with E-state index < -0.39 is 17.4 Å². The van der Waals surface area contributed by atoms with E-state index in [1.165, 1.54) is 0 Å². The van der Waals surface area contributed by atoms with Crippen LogP contribution in [0.15, 0.2) is 0 Å². The van der Waals surface area contributed by atoms with E-state index in [0.29, 0.717) is 38.9 Å². The van der Waals surface area contributed by atoms with Crippen molar-refractivity contribution in [3.8, 4) is 0 Å². The Morgan fingerprint density at radius 3 is 1.46 bits per heavy atom. The molecule has 0 fully saturated rings. The van der Waals surface area contributed by atoms with Gasteiger partial charge in [-0.1, -0.05) is 13.3 Å². The van der Waals surface area contributed by atoms with Gasteiger partial charge >= 0.3 is 17.4 Å². The topological polar surface area (TPSA) is 46.2 Å². The van der Waals surface area contributed by atoms with E-state index in [9.17, 15) is 0 Å². The summed E-state index contributed by atoms with van der Waals surface area (Å²) in [4.78, 5) is 0. The number of alkyl halides is 1. The van der Waals surface area contributed by atoms with Crippen LogP contribution in [0.25, 0.3) is 0 Å². The van der Waals surface area contributed by atoms with Crippen molar-refractivity contribution in [1.82, 2.24) is 0 Å². The van der Waals surface area contributed by atoms with Crippen LogP contribution in [0.4, 0.5) is 0 Å². The molecule has 1 atom stereocenters. The maximum Gasteiger partial charge on any atom is 0.505 e. The van der Waals surface area contributed by atoms with Crippen LogP contribution < -0.4 is 0 Å². The Morgan fingerprint density at radius 1 is 0.708 bits per heavy atom. The molecule has 24 heavy (non-hydrogen) atoms. The monoisotopic (exact) mass is 400 g/mol. The molecule has 0 aliphatic rings. The average Bonchev–Trinajstić information content (AvgIpc) is 2.55. The van der Waals surface area contributed by atoms with Gasteiger partial charge in [0, 0.05) is 38.9 Å². The summed E-state index contributed by atoms with van der Waals surface area (Å²) in [5, 5.41) is 0.0000699. The molecule has 146 valence electrons. The number of hydrogen-bond donors (Lipinski definition) is 0. The molecule has 0 aromatic carbocycles. The third kappa shape index (κ3) is 7.03. The second kappa shape index (κ2) is 13.7. The Kier molecular flexibility index (Phi) is 14.0. The van der Waals surface area contributed by atoms with Gasteiger partial charge in [-0.2, -0.15) is 0 Å². The van der Waals surface area contributed by atoms with Crippen LogP contribution in [-0.4, -0.2) is 56.3 Å². The minimum Gasteiger partial charge on any atom is -0.394 e. The van der Waals surface area contributed by atoms with Gasteiger partial charge in [0.1, 0.15) is 0 Å². The summed E-state index contributed by atoms with van der Waals surface area (Å²) in [7, 11) is -5.45. The molecule has 0 radical (unpaired) electrons. The van der Waals surface area contributed by atoms with E-state index in [1.54, 1.807) is 0 Å². The van der Waals surface area contributed by atoms with Crippen LogP contribution in [0, 0.1) is 0 Å². The lowest BCUT2D eigenvalue weighted by Crippen LogP contribution is -2.61. The maximum atomic E-state index is 6.29. The summed E-state index contributed by atoms with van der Waals surface area (Å²) in [6.45, 7) is 15.0. The highest BCUT2D eigenvalue weighted by Crippen LogP contribution is 2.39. The van der Waals surface area contributed by atoms with Crippen LogP contribution in [-0.2, 0) is 22.1 Å². The summed E-state index contributed by atoms with van der Waals surface area (Å²) >= 11 is 5.87. The number of unbranched alkanes of at least 4 members (excludes halogenated alkanes) is 1. The SMILES string of the molecule is CCO[Si](CCCCCl)(OCC)C(C)[Si](OCC)(OCC)OCC. The van der Waals surface area contributed by atoms with Crippen molar-refractivity contribution in [2.24, 2.45) is 0 Å². The van der Waals surface area contributed by atoms with E-state index in [-0.39, 0.29) is 5.16 Å². The van der Waals surface area contributed by atoms with Gasteiger partial charge in [0.15, 0.2) is 0 Å². The van der Waals surface area contributed by atoms with Crippen molar-refractivity contribution in [3.63, 3.8) is 0 Å². The van der Waals surface area contributed by atoms with E-state index in [1.807, 2.05) is 34.6 Å². The normalized spacial score (nSPS) is 14.1. The van der Waals surface area contributed by atoms with Gasteiger partial charge in [0.25, 0.3) is 0 Å². The van der Waals surface area contributed by atoms with Gasteiger partial charge in [0.05, 0.1) is 5.16 Å². The standard InChI is InChI=1S/C16H37ClO5Si2/c1-7-18-23(19-8-2,15-13-12-14-17)16(6)24(20-9-3,21-10-4)22-11-5/h16H,7-15H2,1-6H3. The molecule has 0 aromatic heterocycles. The summed E-state index contributed by atoms with van der Waals surface area (Å²) in [5.74, 6) is 0.655.